The van der Waals surface area contributed by atoms with Gasteiger partial charge in [-0.25, -0.2) is 4.79 Å². The first kappa shape index (κ1) is 19.3. The van der Waals surface area contributed by atoms with Crippen LogP contribution in [-0.2, 0) is 29.5 Å². The summed E-state index contributed by atoms with van der Waals surface area (Å²) in [6.45, 7) is 7.38. The standard InChI is InChI=1S/C21H29N3O3/c1-5-27-19(25)11-17(14(2)3)22-21(26)24-10-9-16-12-23(4)18-8-6-7-15(13-24)20(16)18/h6-8,12,14,17H,5,9-11,13H2,1-4H3,(H,22,26)/t17-/m1/s1. The SMILES string of the molecule is CCOC(=O)C[C@@H](NC(=O)N1CCc2cn(C)c3cccc(c23)C1)C(C)C. The fraction of sp³-hybridized carbons (Fsp3) is 0.524. The smallest absolute Gasteiger partial charge is 0.317 e. The third-order valence-corrected chi connectivity index (χ3v) is 5.28. The molecule has 1 aliphatic rings. The van der Waals surface area contributed by atoms with Crippen molar-refractivity contribution in [2.24, 2.45) is 13.0 Å². The maximum absolute atomic E-state index is 12.9. The zero-order valence-corrected chi connectivity index (χ0v) is 16.6. The predicted octanol–water partition coefficient (Wildman–Crippen LogP) is 3.22. The molecule has 0 unspecified atom stereocenters. The average Bonchev–Trinajstić information content (AvgIpc) is 2.83. The summed E-state index contributed by atoms with van der Waals surface area (Å²) >= 11 is 0. The molecule has 0 bridgehead atoms. The second-order valence-electron chi connectivity index (χ2n) is 7.56. The largest absolute Gasteiger partial charge is 0.466 e. The number of ether oxygens (including phenoxy) is 1. The zero-order chi connectivity index (χ0) is 19.6. The molecule has 0 spiro atoms. The van der Waals surface area contributed by atoms with E-state index >= 15 is 0 Å². The summed E-state index contributed by atoms with van der Waals surface area (Å²) in [4.78, 5) is 26.6. The van der Waals surface area contributed by atoms with Crippen LogP contribution in [0.4, 0.5) is 4.79 Å². The number of nitrogens with zero attached hydrogens (tertiary/aromatic N) is 2. The monoisotopic (exact) mass is 371 g/mol. The second kappa shape index (κ2) is 8.03. The van der Waals surface area contributed by atoms with Crippen molar-refractivity contribution in [3.8, 4) is 0 Å². The Labute approximate surface area is 160 Å². The molecule has 6 nitrogen and oxygen atoms in total. The number of rotatable bonds is 5. The van der Waals surface area contributed by atoms with E-state index in [0.29, 0.717) is 19.7 Å². The molecular formula is C21H29N3O3. The number of benzene rings is 1. The highest BCUT2D eigenvalue weighted by atomic mass is 16.5. The number of carbonyl (C=O) groups is 2. The number of carbonyl (C=O) groups excluding carboxylic acids is 2. The predicted molar refractivity (Wildman–Crippen MR) is 105 cm³/mol. The lowest BCUT2D eigenvalue weighted by Crippen LogP contribution is -2.47. The van der Waals surface area contributed by atoms with Crippen molar-refractivity contribution in [3.05, 3.63) is 35.5 Å². The molecule has 2 heterocycles. The summed E-state index contributed by atoms with van der Waals surface area (Å²) in [5.74, 6) is -0.128. The van der Waals surface area contributed by atoms with Gasteiger partial charge in [0.15, 0.2) is 0 Å². The van der Waals surface area contributed by atoms with E-state index in [1.807, 2.05) is 24.8 Å². The van der Waals surface area contributed by atoms with Gasteiger partial charge in [-0.1, -0.05) is 26.0 Å². The fourth-order valence-corrected chi connectivity index (χ4v) is 3.76. The molecule has 2 aromatic rings. The van der Waals surface area contributed by atoms with Gasteiger partial charge in [-0.2, -0.15) is 0 Å². The number of urea groups is 1. The van der Waals surface area contributed by atoms with Crippen molar-refractivity contribution in [1.82, 2.24) is 14.8 Å². The quantitative estimate of drug-likeness (QED) is 0.821. The van der Waals surface area contributed by atoms with Gasteiger partial charge in [0.25, 0.3) is 0 Å². The maximum Gasteiger partial charge on any atom is 0.317 e. The van der Waals surface area contributed by atoms with Crippen LogP contribution < -0.4 is 5.32 Å². The highest BCUT2D eigenvalue weighted by molar-refractivity contribution is 5.88. The van der Waals surface area contributed by atoms with Crippen LogP contribution in [0.5, 0.6) is 0 Å². The van der Waals surface area contributed by atoms with E-state index < -0.39 is 0 Å². The Balaban J connectivity index is 1.74. The number of nitrogens with one attached hydrogen (secondary N) is 1. The lowest BCUT2D eigenvalue weighted by Gasteiger charge is -2.27. The van der Waals surface area contributed by atoms with Gasteiger partial charge in [-0.3, -0.25) is 4.79 Å². The first-order valence-corrected chi connectivity index (χ1v) is 9.67. The van der Waals surface area contributed by atoms with E-state index in [0.717, 1.165) is 6.42 Å². The third-order valence-electron chi connectivity index (χ3n) is 5.28. The summed E-state index contributed by atoms with van der Waals surface area (Å²) in [5, 5.41) is 4.31. The molecule has 3 rings (SSSR count). The van der Waals surface area contributed by atoms with Crippen molar-refractivity contribution < 1.29 is 14.3 Å². The van der Waals surface area contributed by atoms with Gasteiger partial charge in [0.2, 0.25) is 0 Å². The Bertz CT molecular complexity index is 841. The van der Waals surface area contributed by atoms with E-state index in [4.69, 9.17) is 4.74 Å². The molecule has 2 amide bonds. The van der Waals surface area contributed by atoms with E-state index in [1.165, 1.54) is 22.0 Å². The molecule has 27 heavy (non-hydrogen) atoms. The van der Waals surface area contributed by atoms with Crippen LogP contribution in [0.25, 0.3) is 10.9 Å². The molecular weight excluding hydrogens is 342 g/mol. The Hall–Kier alpha value is -2.50. The number of amides is 2. The molecule has 0 saturated heterocycles. The van der Waals surface area contributed by atoms with E-state index in [1.54, 1.807) is 6.92 Å². The van der Waals surface area contributed by atoms with Gasteiger partial charge in [0, 0.05) is 43.3 Å². The topological polar surface area (TPSA) is 63.6 Å². The van der Waals surface area contributed by atoms with Crippen LogP contribution in [0.1, 0.15) is 38.3 Å². The van der Waals surface area contributed by atoms with Crippen LogP contribution in [0.2, 0.25) is 0 Å². The molecule has 0 saturated carbocycles. The third kappa shape index (κ3) is 4.10. The number of aromatic nitrogens is 1. The average molecular weight is 371 g/mol. The van der Waals surface area contributed by atoms with Gasteiger partial charge < -0.3 is 19.5 Å². The van der Waals surface area contributed by atoms with Crippen molar-refractivity contribution in [2.75, 3.05) is 13.2 Å². The molecule has 6 heteroatoms. The minimum Gasteiger partial charge on any atom is -0.466 e. The summed E-state index contributed by atoms with van der Waals surface area (Å²) in [5.41, 5.74) is 3.65. The normalized spacial score (nSPS) is 14.9. The molecule has 1 aromatic carbocycles. The lowest BCUT2D eigenvalue weighted by molar-refractivity contribution is -0.143. The van der Waals surface area contributed by atoms with Crippen molar-refractivity contribution >= 4 is 22.9 Å². The van der Waals surface area contributed by atoms with Gasteiger partial charge in [0.1, 0.15) is 0 Å². The van der Waals surface area contributed by atoms with Gasteiger partial charge in [0.05, 0.1) is 13.0 Å². The Morgan fingerprint density at radius 2 is 2.04 bits per heavy atom. The number of hydrogen-bond acceptors (Lipinski definition) is 3. The first-order chi connectivity index (χ1) is 12.9. The molecule has 0 aliphatic carbocycles. The molecule has 1 N–H and O–H groups in total. The highest BCUT2D eigenvalue weighted by Crippen LogP contribution is 2.29. The van der Waals surface area contributed by atoms with E-state index in [9.17, 15) is 9.59 Å². The highest BCUT2D eigenvalue weighted by Gasteiger charge is 2.26. The van der Waals surface area contributed by atoms with Crippen LogP contribution >= 0.6 is 0 Å². The summed E-state index contributed by atoms with van der Waals surface area (Å²) in [6.07, 6.45) is 3.18. The van der Waals surface area contributed by atoms with Crippen molar-refractivity contribution in [3.63, 3.8) is 0 Å². The minimum atomic E-state index is -0.273. The Morgan fingerprint density at radius 3 is 2.74 bits per heavy atom. The number of esters is 1. The van der Waals surface area contributed by atoms with Crippen molar-refractivity contribution in [2.45, 2.75) is 46.2 Å². The maximum atomic E-state index is 12.9. The summed E-state index contributed by atoms with van der Waals surface area (Å²) in [6, 6.07) is 5.90. The molecule has 1 aromatic heterocycles. The van der Waals surface area contributed by atoms with Crippen LogP contribution in [-0.4, -0.2) is 40.7 Å². The second-order valence-corrected chi connectivity index (χ2v) is 7.56. The summed E-state index contributed by atoms with van der Waals surface area (Å²) < 4.78 is 7.20. The van der Waals surface area contributed by atoms with Crippen LogP contribution in [0, 0.1) is 5.92 Å². The van der Waals surface area contributed by atoms with Crippen molar-refractivity contribution in [1.29, 1.82) is 0 Å². The van der Waals surface area contributed by atoms with Gasteiger partial charge in [-0.05, 0) is 36.5 Å². The zero-order valence-electron chi connectivity index (χ0n) is 16.6. The number of hydrogen-bond donors (Lipinski definition) is 1. The minimum absolute atomic E-state index is 0.121. The van der Waals surface area contributed by atoms with E-state index in [-0.39, 0.29) is 30.4 Å². The molecule has 0 fully saturated rings. The van der Waals surface area contributed by atoms with E-state index in [2.05, 4.69) is 35.3 Å². The van der Waals surface area contributed by atoms with Gasteiger partial charge in [-0.15, -0.1) is 0 Å². The summed E-state index contributed by atoms with van der Waals surface area (Å²) in [7, 11) is 2.06. The molecule has 0 radical (unpaired) electrons. The molecule has 146 valence electrons. The first-order valence-electron chi connectivity index (χ1n) is 9.67. The lowest BCUT2D eigenvalue weighted by atomic mass is 10.0. The van der Waals surface area contributed by atoms with Crippen LogP contribution in [0.3, 0.4) is 0 Å². The fourth-order valence-electron chi connectivity index (χ4n) is 3.76. The molecule has 1 aliphatic heterocycles. The number of aryl methyl sites for hydroxylation is 1. The Kier molecular flexibility index (Phi) is 5.73. The Morgan fingerprint density at radius 1 is 1.26 bits per heavy atom. The van der Waals surface area contributed by atoms with Gasteiger partial charge >= 0.3 is 12.0 Å². The molecule has 1 atom stereocenters. The van der Waals surface area contributed by atoms with Crippen LogP contribution in [0.15, 0.2) is 24.4 Å².